The summed E-state index contributed by atoms with van der Waals surface area (Å²) < 4.78 is 0. The van der Waals surface area contributed by atoms with Crippen LogP contribution in [-0.4, -0.2) is 10.2 Å². The molecular formula is C26H48O2. The number of para-hydroxylation sites is 2. The van der Waals surface area contributed by atoms with Crippen LogP contribution in [0.25, 0.3) is 0 Å². The van der Waals surface area contributed by atoms with Crippen molar-refractivity contribution in [3.63, 3.8) is 0 Å². The van der Waals surface area contributed by atoms with E-state index < -0.39 is 0 Å². The van der Waals surface area contributed by atoms with Gasteiger partial charge >= 0.3 is 0 Å². The lowest BCUT2D eigenvalue weighted by molar-refractivity contribution is 0.475. The summed E-state index contributed by atoms with van der Waals surface area (Å²) in [6.07, 6.45) is 8.15. The first-order chi connectivity index (χ1) is 13.6. The highest BCUT2D eigenvalue weighted by atomic mass is 16.3. The lowest BCUT2D eigenvalue weighted by Gasteiger charge is -1.82. The highest BCUT2D eigenvalue weighted by molar-refractivity contribution is 5.19. The van der Waals surface area contributed by atoms with E-state index in [1.54, 1.807) is 48.5 Å². The fourth-order valence-corrected chi connectivity index (χ4v) is 1.56. The zero-order valence-corrected chi connectivity index (χ0v) is 19.9. The van der Waals surface area contributed by atoms with Crippen LogP contribution >= 0.6 is 0 Å². The van der Waals surface area contributed by atoms with Crippen molar-refractivity contribution >= 4 is 0 Å². The van der Waals surface area contributed by atoms with Crippen LogP contribution in [0.5, 0.6) is 11.5 Å². The van der Waals surface area contributed by atoms with E-state index in [9.17, 15) is 0 Å². The summed E-state index contributed by atoms with van der Waals surface area (Å²) in [5, 5.41) is 17.3. The second kappa shape index (κ2) is 36.0. The second-order valence-corrected chi connectivity index (χ2v) is 5.38. The molecule has 0 saturated carbocycles. The molecule has 2 heteroatoms. The van der Waals surface area contributed by atoms with E-state index in [-0.39, 0.29) is 0 Å². The van der Waals surface area contributed by atoms with Gasteiger partial charge in [-0.25, -0.2) is 0 Å². The predicted octanol–water partition coefficient (Wildman–Crippen LogP) is 9.23. The van der Waals surface area contributed by atoms with E-state index in [2.05, 4.69) is 27.7 Å². The van der Waals surface area contributed by atoms with Crippen molar-refractivity contribution in [1.29, 1.82) is 0 Å². The molecule has 2 aromatic rings. The normalized spacial score (nSPS) is 7.71. The Hall–Kier alpha value is -1.96. The second-order valence-electron chi connectivity index (χ2n) is 5.38. The van der Waals surface area contributed by atoms with Crippen LogP contribution < -0.4 is 0 Å². The van der Waals surface area contributed by atoms with Gasteiger partial charge in [-0.1, -0.05) is 130 Å². The Bertz CT molecular complexity index is 379. The molecule has 0 spiro atoms. The molecule has 0 unspecified atom stereocenters. The van der Waals surface area contributed by atoms with Crippen molar-refractivity contribution in [1.82, 2.24) is 0 Å². The van der Waals surface area contributed by atoms with Crippen LogP contribution in [0.4, 0.5) is 0 Å². The first-order valence-electron chi connectivity index (χ1n) is 11.1. The molecule has 2 nitrogen and oxygen atoms in total. The molecule has 2 aromatic carbocycles. The van der Waals surface area contributed by atoms with E-state index in [4.69, 9.17) is 10.2 Å². The SMILES string of the molecule is CC.CC.CCCCC.CCCCC.Oc1ccccc1.Oc1ccccc1. The number of rotatable bonds is 4. The number of benzene rings is 2. The summed E-state index contributed by atoms with van der Waals surface area (Å²) in [5.74, 6) is 0.644. The fraction of sp³-hybridized carbons (Fsp3) is 0.538. The van der Waals surface area contributed by atoms with Crippen molar-refractivity contribution in [3.05, 3.63) is 60.7 Å². The zero-order valence-electron chi connectivity index (χ0n) is 19.9. The van der Waals surface area contributed by atoms with Crippen LogP contribution in [0.15, 0.2) is 60.7 Å². The van der Waals surface area contributed by atoms with Crippen molar-refractivity contribution in [3.8, 4) is 11.5 Å². The summed E-state index contributed by atoms with van der Waals surface area (Å²) >= 11 is 0. The maximum absolute atomic E-state index is 8.63. The van der Waals surface area contributed by atoms with Gasteiger partial charge in [0, 0.05) is 0 Å². The minimum Gasteiger partial charge on any atom is -0.508 e. The molecule has 0 heterocycles. The predicted molar refractivity (Wildman–Crippen MR) is 129 cm³/mol. The van der Waals surface area contributed by atoms with Gasteiger partial charge in [-0.15, -0.1) is 0 Å². The number of phenolic OH excluding ortho intramolecular Hbond substituents is 2. The Labute approximate surface area is 176 Å². The number of phenols is 2. The van der Waals surface area contributed by atoms with Gasteiger partial charge in [0.2, 0.25) is 0 Å². The third-order valence-corrected chi connectivity index (χ3v) is 2.93. The van der Waals surface area contributed by atoms with E-state index in [0.29, 0.717) is 11.5 Å². The molecule has 0 aliphatic carbocycles. The monoisotopic (exact) mass is 392 g/mol. The number of unbranched alkanes of at least 4 members (excludes halogenated alkanes) is 4. The highest BCUT2D eigenvalue weighted by Gasteiger charge is 1.75. The summed E-state index contributed by atoms with van der Waals surface area (Å²) in [7, 11) is 0. The summed E-state index contributed by atoms with van der Waals surface area (Å²) in [5.41, 5.74) is 0. The molecule has 0 aliphatic heterocycles. The fourth-order valence-electron chi connectivity index (χ4n) is 1.56. The third-order valence-electron chi connectivity index (χ3n) is 2.93. The van der Waals surface area contributed by atoms with Crippen molar-refractivity contribution in [2.45, 2.75) is 93.9 Å². The van der Waals surface area contributed by atoms with E-state index >= 15 is 0 Å². The van der Waals surface area contributed by atoms with Gasteiger partial charge in [0.1, 0.15) is 11.5 Å². The lowest BCUT2D eigenvalue weighted by Crippen LogP contribution is -1.59. The van der Waals surface area contributed by atoms with Crippen molar-refractivity contribution < 1.29 is 10.2 Å². The molecular weight excluding hydrogens is 344 g/mol. The van der Waals surface area contributed by atoms with E-state index in [1.807, 2.05) is 39.8 Å². The molecule has 0 amide bonds. The topological polar surface area (TPSA) is 40.5 Å². The van der Waals surface area contributed by atoms with Crippen LogP contribution in [0.3, 0.4) is 0 Å². The minimum atomic E-state index is 0.322. The van der Waals surface area contributed by atoms with Crippen LogP contribution in [0.2, 0.25) is 0 Å². The van der Waals surface area contributed by atoms with Crippen molar-refractivity contribution in [2.75, 3.05) is 0 Å². The smallest absolute Gasteiger partial charge is 0.115 e. The summed E-state index contributed by atoms with van der Waals surface area (Å²) in [6.45, 7) is 16.8. The van der Waals surface area contributed by atoms with Gasteiger partial charge in [-0.05, 0) is 24.3 Å². The Morgan fingerprint density at radius 3 is 0.750 bits per heavy atom. The molecule has 0 atom stereocenters. The Kier molecular flexibility index (Phi) is 43.3. The highest BCUT2D eigenvalue weighted by Crippen LogP contribution is 2.03. The van der Waals surface area contributed by atoms with E-state index in [1.165, 1.54) is 38.5 Å². The Morgan fingerprint density at radius 2 is 0.679 bits per heavy atom. The van der Waals surface area contributed by atoms with Crippen LogP contribution in [0.1, 0.15) is 93.9 Å². The molecule has 0 aliphatic rings. The average Bonchev–Trinajstić information content (AvgIpc) is 2.75. The molecule has 0 aromatic heterocycles. The molecule has 28 heavy (non-hydrogen) atoms. The Morgan fingerprint density at radius 1 is 0.464 bits per heavy atom. The number of hydrogen-bond acceptors (Lipinski definition) is 2. The molecule has 0 fully saturated rings. The molecule has 164 valence electrons. The summed E-state index contributed by atoms with van der Waals surface area (Å²) in [6, 6.07) is 17.4. The third kappa shape index (κ3) is 39.2. The number of hydrogen-bond donors (Lipinski definition) is 2. The van der Waals surface area contributed by atoms with Gasteiger partial charge in [-0.2, -0.15) is 0 Å². The molecule has 0 bridgehead atoms. The molecule has 2 N–H and O–H groups in total. The van der Waals surface area contributed by atoms with Crippen LogP contribution in [-0.2, 0) is 0 Å². The van der Waals surface area contributed by atoms with Crippen LogP contribution in [0, 0.1) is 0 Å². The van der Waals surface area contributed by atoms with Gasteiger partial charge in [-0.3, -0.25) is 0 Å². The standard InChI is InChI=1S/2C6H6O.2C5H12.2C2H6/c2*7-6-4-2-1-3-5-6;2*1-3-5-4-2;2*1-2/h2*1-5,7H;2*3-5H2,1-2H3;2*1-2H3. The first-order valence-corrected chi connectivity index (χ1v) is 11.1. The molecule has 0 saturated heterocycles. The first kappa shape index (κ1) is 33.6. The Balaban J connectivity index is -0.000000131. The van der Waals surface area contributed by atoms with Crippen molar-refractivity contribution in [2.24, 2.45) is 0 Å². The average molecular weight is 393 g/mol. The van der Waals surface area contributed by atoms with Gasteiger partial charge in [0.25, 0.3) is 0 Å². The quantitative estimate of drug-likeness (QED) is 0.544. The molecule has 2 rings (SSSR count). The van der Waals surface area contributed by atoms with Gasteiger partial charge in [0.15, 0.2) is 0 Å². The minimum absolute atomic E-state index is 0.322. The number of aromatic hydroxyl groups is 2. The molecule has 0 radical (unpaired) electrons. The lowest BCUT2D eigenvalue weighted by atomic mass is 10.3. The largest absolute Gasteiger partial charge is 0.508 e. The maximum atomic E-state index is 8.63. The summed E-state index contributed by atoms with van der Waals surface area (Å²) in [4.78, 5) is 0. The zero-order chi connectivity index (χ0) is 22.5. The van der Waals surface area contributed by atoms with Gasteiger partial charge in [0.05, 0.1) is 0 Å². The van der Waals surface area contributed by atoms with Gasteiger partial charge < -0.3 is 10.2 Å². The van der Waals surface area contributed by atoms with E-state index in [0.717, 1.165) is 0 Å². The maximum Gasteiger partial charge on any atom is 0.115 e.